The third-order valence-corrected chi connectivity index (χ3v) is 7.46. The first-order valence-electron chi connectivity index (χ1n) is 13.2. The van der Waals surface area contributed by atoms with E-state index in [0.29, 0.717) is 11.5 Å². The number of fused-ring (bicyclic) bond motifs is 3. The molecule has 0 atom stereocenters. The minimum atomic E-state index is 0. The van der Waals surface area contributed by atoms with Gasteiger partial charge in [-0.2, -0.15) is 0 Å². The quantitative estimate of drug-likeness (QED) is 0.0469. The predicted molar refractivity (Wildman–Crippen MR) is 155 cm³/mol. The average Bonchev–Trinajstić information content (AvgIpc) is 2.89. The summed E-state index contributed by atoms with van der Waals surface area (Å²) in [4.78, 5) is 14.4. The number of carbonyl (C=O) groups excluding carboxylic acids is 1. The van der Waals surface area contributed by atoms with E-state index in [9.17, 15) is 9.90 Å². The van der Waals surface area contributed by atoms with Crippen LogP contribution < -0.4 is 0 Å². The molecule has 0 spiro atoms. The van der Waals surface area contributed by atoms with Crippen molar-refractivity contribution in [3.63, 3.8) is 0 Å². The van der Waals surface area contributed by atoms with Gasteiger partial charge in [-0.3, -0.25) is 4.79 Å². The topological polar surface area (TPSA) is 54.5 Å². The summed E-state index contributed by atoms with van der Waals surface area (Å²) < 4.78 is 0. The second-order valence-electron chi connectivity index (χ2n) is 9.68. The first kappa shape index (κ1) is 28.8. The molecular weight excluding hydrogens is 635 g/mol. The van der Waals surface area contributed by atoms with E-state index >= 15 is 0 Å². The first-order valence-corrected chi connectivity index (χ1v) is 13.2. The van der Waals surface area contributed by atoms with Crippen molar-refractivity contribution < 1.29 is 30.0 Å². The van der Waals surface area contributed by atoms with Crippen LogP contribution in [-0.4, -0.2) is 20.7 Å². The molecule has 5 aromatic rings. The number of nitrogens with zero attached hydrogens (tertiary/aromatic N) is 1. The van der Waals surface area contributed by atoms with Crippen LogP contribution in [-0.2, 0) is 20.1 Å². The van der Waals surface area contributed by atoms with Gasteiger partial charge in [0.25, 0.3) is 0 Å². The SMILES string of the molecule is CCC(CC)C(=[OH+])/C=C(\O)C(CC)CC.Cc1[c-]c2c3ncccc3c3cccc4ccc(c1)c2c43.[Ir]. The summed E-state index contributed by atoms with van der Waals surface area (Å²) >= 11 is 0. The number of hydrogen-bond acceptors (Lipinski definition) is 2. The minimum Gasteiger partial charge on any atom is -0.512 e. The Morgan fingerprint density at radius 2 is 1.54 bits per heavy atom. The van der Waals surface area contributed by atoms with E-state index < -0.39 is 0 Å². The zero-order valence-corrected chi connectivity index (χ0v) is 24.8. The molecule has 195 valence electrons. The second kappa shape index (κ2) is 12.6. The number of aromatic nitrogens is 1. The average molecular weight is 672 g/mol. The third-order valence-electron chi connectivity index (χ3n) is 7.46. The monoisotopic (exact) mass is 672 g/mol. The standard InChI is InChI=1S/C20H12N.C13H24O2.Ir/c1-12-10-14-8-7-13-4-2-5-15-16-6-3-9-21-20(16)17(11-12)19(14)18(13)15;1-5-10(6-2)12(14)9-13(15)11(7-3)8-4;/h2-10H,1H3;9-11,14H,5-8H2,1-4H3;/q-1;;/p+1/b;12-9-;. The van der Waals surface area contributed by atoms with E-state index in [1.807, 2.05) is 40.0 Å². The van der Waals surface area contributed by atoms with Gasteiger partial charge in [-0.1, -0.05) is 76.4 Å². The molecule has 5 rings (SSSR count). The Balaban J connectivity index is 0.000000214. The molecule has 0 saturated heterocycles. The third kappa shape index (κ3) is 5.71. The van der Waals surface area contributed by atoms with Gasteiger partial charge in [0.05, 0.1) is 12.0 Å². The molecule has 2 N–H and O–H groups in total. The smallest absolute Gasteiger partial charge is 0.322 e. The van der Waals surface area contributed by atoms with Crippen molar-refractivity contribution in [2.45, 2.75) is 60.3 Å². The fraction of sp³-hybridized carbons (Fsp3) is 0.333. The number of rotatable bonds is 7. The summed E-state index contributed by atoms with van der Waals surface area (Å²) in [5.41, 5.74) is 2.21. The van der Waals surface area contributed by atoms with Gasteiger partial charge in [0.15, 0.2) is 0 Å². The first-order chi connectivity index (χ1) is 17.4. The van der Waals surface area contributed by atoms with Crippen molar-refractivity contribution in [1.29, 1.82) is 0 Å². The van der Waals surface area contributed by atoms with Gasteiger partial charge in [-0.15, -0.1) is 28.5 Å². The van der Waals surface area contributed by atoms with Crippen molar-refractivity contribution in [2.75, 3.05) is 0 Å². The van der Waals surface area contributed by atoms with Crippen LogP contribution in [0.2, 0.25) is 0 Å². The van der Waals surface area contributed by atoms with Crippen LogP contribution in [0.4, 0.5) is 0 Å². The van der Waals surface area contributed by atoms with Gasteiger partial charge >= 0.3 is 5.78 Å². The maximum atomic E-state index is 9.80. The molecule has 0 bridgehead atoms. The molecule has 4 aromatic carbocycles. The van der Waals surface area contributed by atoms with E-state index in [1.54, 1.807) is 6.08 Å². The van der Waals surface area contributed by atoms with E-state index in [2.05, 4.69) is 60.4 Å². The molecule has 1 aromatic heterocycles. The molecule has 0 aliphatic carbocycles. The van der Waals surface area contributed by atoms with Crippen LogP contribution >= 0.6 is 0 Å². The van der Waals surface area contributed by atoms with Crippen LogP contribution in [0.5, 0.6) is 0 Å². The molecule has 3 nitrogen and oxygen atoms in total. The molecule has 0 aliphatic heterocycles. The number of allylic oxidation sites excluding steroid dienone is 2. The Hall–Kier alpha value is -2.81. The number of benzene rings is 4. The van der Waals surface area contributed by atoms with Gasteiger partial charge in [0, 0.05) is 32.2 Å². The van der Waals surface area contributed by atoms with Gasteiger partial charge in [-0.05, 0) is 58.8 Å². The zero-order chi connectivity index (χ0) is 25.8. The van der Waals surface area contributed by atoms with Crippen LogP contribution in [0.1, 0.15) is 58.9 Å². The molecule has 1 heterocycles. The van der Waals surface area contributed by atoms with Crippen molar-refractivity contribution in [3.8, 4) is 0 Å². The molecule has 0 amide bonds. The summed E-state index contributed by atoms with van der Waals surface area (Å²) in [6.07, 6.45) is 7.07. The fourth-order valence-electron chi connectivity index (χ4n) is 5.34. The Labute approximate surface area is 233 Å². The molecule has 0 saturated carbocycles. The Kier molecular flexibility index (Phi) is 9.81. The van der Waals surface area contributed by atoms with Crippen LogP contribution in [0.15, 0.2) is 66.6 Å². The molecule has 0 fully saturated rings. The molecule has 37 heavy (non-hydrogen) atoms. The minimum absolute atomic E-state index is 0. The van der Waals surface area contributed by atoms with Gasteiger partial charge in [0.1, 0.15) is 5.76 Å². The maximum Gasteiger partial charge on any atom is 0.322 e. The summed E-state index contributed by atoms with van der Waals surface area (Å²) in [5, 5.41) is 18.6. The fourth-order valence-corrected chi connectivity index (χ4v) is 5.34. The van der Waals surface area contributed by atoms with Crippen LogP contribution in [0.3, 0.4) is 0 Å². The van der Waals surface area contributed by atoms with E-state index in [-0.39, 0.29) is 31.9 Å². The Morgan fingerprint density at radius 1 is 0.892 bits per heavy atom. The summed E-state index contributed by atoms with van der Waals surface area (Å²) in [5.74, 6) is 1.01. The van der Waals surface area contributed by atoms with E-state index in [4.69, 9.17) is 0 Å². The Bertz CT molecular complexity index is 1530. The normalized spacial score (nSPS) is 11.9. The number of aryl methyl sites for hydroxylation is 1. The van der Waals surface area contributed by atoms with Crippen LogP contribution in [0, 0.1) is 24.8 Å². The number of aliphatic hydroxyl groups excluding tert-OH is 1. The van der Waals surface area contributed by atoms with E-state index in [1.165, 1.54) is 32.3 Å². The predicted octanol–water partition coefficient (Wildman–Crippen LogP) is 9.08. The summed E-state index contributed by atoms with van der Waals surface area (Å²) in [7, 11) is 0. The Morgan fingerprint density at radius 3 is 2.22 bits per heavy atom. The molecular formula is C33H37IrNO2. The number of ketones is 1. The molecule has 1 radical (unpaired) electrons. The molecule has 0 aliphatic rings. The van der Waals surface area contributed by atoms with E-state index in [0.717, 1.165) is 42.1 Å². The van der Waals surface area contributed by atoms with Crippen LogP contribution in [0.25, 0.3) is 43.2 Å². The summed E-state index contributed by atoms with van der Waals surface area (Å²) in [6, 6.07) is 20.8. The van der Waals surface area contributed by atoms with Crippen molar-refractivity contribution >= 4 is 49.0 Å². The molecule has 0 unspecified atom stereocenters. The number of aliphatic hydroxyl groups is 1. The number of hydrogen-bond donors (Lipinski definition) is 1. The van der Waals surface area contributed by atoms with Crippen molar-refractivity contribution in [2.24, 2.45) is 11.8 Å². The zero-order valence-electron chi connectivity index (χ0n) is 22.4. The number of pyridine rings is 1. The van der Waals surface area contributed by atoms with Gasteiger partial charge < -0.3 is 10.1 Å². The van der Waals surface area contributed by atoms with Gasteiger partial charge in [0.2, 0.25) is 0 Å². The second-order valence-corrected chi connectivity index (χ2v) is 9.68. The molecule has 4 heteroatoms. The maximum absolute atomic E-state index is 9.80. The summed E-state index contributed by atoms with van der Waals surface area (Å²) in [6.45, 7) is 10.3. The van der Waals surface area contributed by atoms with Gasteiger partial charge in [-0.25, -0.2) is 0 Å². The van der Waals surface area contributed by atoms with Crippen molar-refractivity contribution in [1.82, 2.24) is 4.98 Å². The van der Waals surface area contributed by atoms with Crippen molar-refractivity contribution in [3.05, 3.63) is 78.2 Å². The largest absolute Gasteiger partial charge is 0.512 e.